The summed E-state index contributed by atoms with van der Waals surface area (Å²) in [6.45, 7) is 6.23. The lowest BCUT2D eigenvalue weighted by atomic mass is 9.96. The zero-order valence-corrected chi connectivity index (χ0v) is 17.5. The van der Waals surface area contributed by atoms with Crippen molar-refractivity contribution in [3.05, 3.63) is 54.0 Å². The summed E-state index contributed by atoms with van der Waals surface area (Å²) >= 11 is 0. The average molecular weight is 421 g/mol. The number of esters is 1. The number of ether oxygens (including phenoxy) is 1. The summed E-state index contributed by atoms with van der Waals surface area (Å²) in [5.41, 5.74) is 0.806. The fraction of sp³-hybridized carbons (Fsp3) is 0.429. The van der Waals surface area contributed by atoms with E-state index in [0.29, 0.717) is 12.8 Å². The first-order valence-corrected chi connectivity index (χ1v) is 11.2. The first-order valence-electron chi connectivity index (χ1n) is 9.66. The van der Waals surface area contributed by atoms with E-state index in [1.807, 2.05) is 30.3 Å². The molecule has 7 nitrogen and oxygen atoms in total. The number of benzene rings is 1. The van der Waals surface area contributed by atoms with Gasteiger partial charge in [0.15, 0.2) is 0 Å². The van der Waals surface area contributed by atoms with E-state index in [-0.39, 0.29) is 44.6 Å². The molecule has 1 saturated heterocycles. The standard InChI is InChI=1S/C21H28N2O5S/c1-3-13-22(17-20(24)28-4-2)21(25)19-10-14-23(15-11-19)29(26,27)16-12-18-8-6-5-7-9-18/h3,5-9,12,16,19H,1,4,10-11,13-15,17H2,2H3/b16-12+. The number of carbonyl (C=O) groups excluding carboxylic acids is 2. The van der Waals surface area contributed by atoms with Gasteiger partial charge in [-0.3, -0.25) is 9.59 Å². The Morgan fingerprint density at radius 3 is 2.48 bits per heavy atom. The summed E-state index contributed by atoms with van der Waals surface area (Å²) in [6, 6.07) is 9.21. The van der Waals surface area contributed by atoms with Crippen molar-refractivity contribution in [2.75, 3.05) is 32.8 Å². The maximum Gasteiger partial charge on any atom is 0.325 e. The number of amides is 1. The minimum Gasteiger partial charge on any atom is -0.465 e. The maximum atomic E-state index is 12.8. The summed E-state index contributed by atoms with van der Waals surface area (Å²) in [5.74, 6) is -0.961. The van der Waals surface area contributed by atoms with Crippen LogP contribution in [-0.2, 0) is 24.3 Å². The van der Waals surface area contributed by atoms with Crippen LogP contribution in [0.2, 0.25) is 0 Å². The second-order valence-corrected chi connectivity index (χ2v) is 8.56. The first-order chi connectivity index (χ1) is 13.9. The molecule has 2 rings (SSSR count). The van der Waals surface area contributed by atoms with E-state index >= 15 is 0 Å². The number of hydrogen-bond acceptors (Lipinski definition) is 5. The Bertz CT molecular complexity index is 828. The van der Waals surface area contributed by atoms with Gasteiger partial charge in [0.05, 0.1) is 6.61 Å². The van der Waals surface area contributed by atoms with Crippen LogP contribution in [-0.4, -0.2) is 62.3 Å². The van der Waals surface area contributed by atoms with Crippen LogP contribution >= 0.6 is 0 Å². The van der Waals surface area contributed by atoms with Crippen molar-refractivity contribution in [3.63, 3.8) is 0 Å². The highest BCUT2D eigenvalue weighted by atomic mass is 32.2. The molecule has 8 heteroatoms. The molecule has 0 saturated carbocycles. The molecule has 0 spiro atoms. The highest BCUT2D eigenvalue weighted by Gasteiger charge is 2.32. The van der Waals surface area contributed by atoms with Crippen LogP contribution in [0.5, 0.6) is 0 Å². The first kappa shape index (κ1) is 22.8. The molecule has 0 atom stereocenters. The van der Waals surface area contributed by atoms with Crippen molar-refractivity contribution in [1.82, 2.24) is 9.21 Å². The van der Waals surface area contributed by atoms with Gasteiger partial charge in [-0.25, -0.2) is 8.42 Å². The predicted molar refractivity (Wildman–Crippen MR) is 112 cm³/mol. The summed E-state index contributed by atoms with van der Waals surface area (Å²) in [7, 11) is -3.55. The Morgan fingerprint density at radius 1 is 1.24 bits per heavy atom. The van der Waals surface area contributed by atoms with Gasteiger partial charge < -0.3 is 9.64 Å². The van der Waals surface area contributed by atoms with Gasteiger partial charge in [-0.15, -0.1) is 6.58 Å². The molecule has 1 aliphatic heterocycles. The van der Waals surface area contributed by atoms with Crippen molar-refractivity contribution >= 4 is 28.0 Å². The maximum absolute atomic E-state index is 12.8. The lowest BCUT2D eigenvalue weighted by molar-refractivity contribution is -0.150. The Balaban J connectivity index is 1.95. The van der Waals surface area contributed by atoms with E-state index < -0.39 is 16.0 Å². The Labute approximate surface area is 172 Å². The third kappa shape index (κ3) is 6.83. The van der Waals surface area contributed by atoms with E-state index in [2.05, 4.69) is 6.58 Å². The number of sulfonamides is 1. The third-order valence-corrected chi connectivity index (χ3v) is 6.25. The van der Waals surface area contributed by atoms with Crippen LogP contribution in [0.1, 0.15) is 25.3 Å². The normalized spacial score (nSPS) is 15.9. The highest BCUT2D eigenvalue weighted by Crippen LogP contribution is 2.23. The third-order valence-electron chi connectivity index (χ3n) is 4.68. The topological polar surface area (TPSA) is 84.0 Å². The molecule has 0 aliphatic carbocycles. The number of carbonyl (C=O) groups is 2. The monoisotopic (exact) mass is 420 g/mol. The Morgan fingerprint density at radius 2 is 1.90 bits per heavy atom. The molecular formula is C21H28N2O5S. The second-order valence-electron chi connectivity index (χ2n) is 6.74. The van der Waals surface area contributed by atoms with E-state index in [1.54, 1.807) is 19.1 Å². The fourth-order valence-corrected chi connectivity index (χ4v) is 4.40. The number of hydrogen-bond donors (Lipinski definition) is 0. The number of nitrogens with zero attached hydrogens (tertiary/aromatic N) is 2. The molecule has 0 N–H and O–H groups in total. The molecule has 0 bridgehead atoms. The largest absolute Gasteiger partial charge is 0.465 e. The van der Waals surface area contributed by atoms with Crippen molar-refractivity contribution < 1.29 is 22.7 Å². The Hall–Kier alpha value is -2.45. The molecule has 29 heavy (non-hydrogen) atoms. The van der Waals surface area contributed by atoms with Crippen LogP contribution in [0.15, 0.2) is 48.4 Å². The van der Waals surface area contributed by atoms with Gasteiger partial charge in [0.25, 0.3) is 0 Å². The molecule has 1 aliphatic rings. The molecule has 1 amide bonds. The van der Waals surface area contributed by atoms with Gasteiger partial charge >= 0.3 is 5.97 Å². The highest BCUT2D eigenvalue weighted by molar-refractivity contribution is 7.92. The number of rotatable bonds is 9. The van der Waals surface area contributed by atoms with Crippen LogP contribution in [0.3, 0.4) is 0 Å². The van der Waals surface area contributed by atoms with Crippen LogP contribution in [0.25, 0.3) is 6.08 Å². The van der Waals surface area contributed by atoms with Gasteiger partial charge in [-0.2, -0.15) is 4.31 Å². The summed E-state index contributed by atoms with van der Waals surface area (Å²) < 4.78 is 31.4. The molecular weight excluding hydrogens is 392 g/mol. The molecule has 0 radical (unpaired) electrons. The minimum absolute atomic E-state index is 0.128. The van der Waals surface area contributed by atoms with Gasteiger partial charge in [0, 0.05) is 31.0 Å². The molecule has 1 aromatic rings. The lowest BCUT2D eigenvalue weighted by Gasteiger charge is -2.32. The van der Waals surface area contributed by atoms with E-state index in [9.17, 15) is 18.0 Å². The predicted octanol–water partition coefficient (Wildman–Crippen LogP) is 2.28. The fourth-order valence-electron chi connectivity index (χ4n) is 3.18. The molecule has 1 heterocycles. The van der Waals surface area contributed by atoms with Crippen LogP contribution in [0, 0.1) is 5.92 Å². The summed E-state index contributed by atoms with van der Waals surface area (Å²) in [6.07, 6.45) is 3.95. The Kier molecular flexibility index (Phi) is 8.60. The smallest absolute Gasteiger partial charge is 0.325 e. The van der Waals surface area contributed by atoms with E-state index in [0.717, 1.165) is 5.56 Å². The van der Waals surface area contributed by atoms with E-state index in [4.69, 9.17) is 4.74 Å². The van der Waals surface area contributed by atoms with Gasteiger partial charge in [-0.05, 0) is 31.4 Å². The van der Waals surface area contributed by atoms with Crippen LogP contribution in [0.4, 0.5) is 0 Å². The summed E-state index contributed by atoms with van der Waals surface area (Å²) in [5, 5.41) is 1.20. The van der Waals surface area contributed by atoms with Crippen molar-refractivity contribution in [2.24, 2.45) is 5.92 Å². The summed E-state index contributed by atoms with van der Waals surface area (Å²) in [4.78, 5) is 25.9. The molecule has 0 unspecified atom stereocenters. The van der Waals surface area contributed by atoms with Crippen LogP contribution < -0.4 is 0 Å². The van der Waals surface area contributed by atoms with Gasteiger partial charge in [0.2, 0.25) is 15.9 Å². The second kappa shape index (κ2) is 10.9. The molecule has 1 aromatic carbocycles. The molecule has 0 aromatic heterocycles. The zero-order valence-electron chi connectivity index (χ0n) is 16.7. The lowest BCUT2D eigenvalue weighted by Crippen LogP contribution is -2.45. The van der Waals surface area contributed by atoms with Gasteiger partial charge in [0.1, 0.15) is 6.54 Å². The quantitative estimate of drug-likeness (QED) is 0.452. The van der Waals surface area contributed by atoms with Crippen molar-refractivity contribution in [2.45, 2.75) is 19.8 Å². The zero-order chi connectivity index (χ0) is 21.3. The van der Waals surface area contributed by atoms with Crippen molar-refractivity contribution in [1.29, 1.82) is 0 Å². The SMILES string of the molecule is C=CCN(CC(=O)OCC)C(=O)C1CCN(S(=O)(=O)/C=C/c2ccccc2)CC1. The van der Waals surface area contributed by atoms with Crippen molar-refractivity contribution in [3.8, 4) is 0 Å². The number of piperidine rings is 1. The molecule has 1 fully saturated rings. The van der Waals surface area contributed by atoms with E-state index in [1.165, 1.54) is 14.6 Å². The average Bonchev–Trinajstić information content (AvgIpc) is 2.72. The van der Waals surface area contributed by atoms with Gasteiger partial charge in [-0.1, -0.05) is 36.4 Å². The minimum atomic E-state index is -3.55. The molecule has 158 valence electrons.